The molecule has 0 bridgehead atoms. The lowest BCUT2D eigenvalue weighted by Gasteiger charge is -2.59. The summed E-state index contributed by atoms with van der Waals surface area (Å²) in [5.41, 5.74) is 0. The number of rotatable bonds is 1. The maximum absolute atomic E-state index is 14.6. The fourth-order valence-electron chi connectivity index (χ4n) is 3.70. The molecular formula is C8H26FN3Si4. The van der Waals surface area contributed by atoms with Crippen LogP contribution < -0.4 is 9.30 Å². The van der Waals surface area contributed by atoms with Crippen LogP contribution in [0.5, 0.6) is 0 Å². The van der Waals surface area contributed by atoms with E-state index in [2.05, 4.69) is 52.5 Å². The summed E-state index contributed by atoms with van der Waals surface area (Å²) in [5.74, 6) is 0. The maximum Gasteiger partial charge on any atom is 0.305 e. The number of hydrogen-bond donors (Lipinski definition) is 2. The lowest BCUT2D eigenvalue weighted by molar-refractivity contribution is 0.665. The van der Waals surface area contributed by atoms with Crippen LogP contribution in [0, 0.1) is 0 Å². The quantitative estimate of drug-likeness (QED) is 0.574. The second kappa shape index (κ2) is 3.83. The molecule has 16 heavy (non-hydrogen) atoms. The van der Waals surface area contributed by atoms with Gasteiger partial charge in [-0.1, -0.05) is 0 Å². The van der Waals surface area contributed by atoms with E-state index in [9.17, 15) is 4.11 Å². The molecule has 1 fully saturated rings. The average Bonchev–Trinajstić information content (AvgIpc) is 1.67. The van der Waals surface area contributed by atoms with Crippen molar-refractivity contribution in [3.05, 3.63) is 0 Å². The molecule has 0 amide bonds. The van der Waals surface area contributed by atoms with Crippen molar-refractivity contribution >= 4 is 33.8 Å². The van der Waals surface area contributed by atoms with E-state index >= 15 is 0 Å². The molecule has 0 unspecified atom stereocenters. The molecule has 0 spiro atoms. The van der Waals surface area contributed by atoms with E-state index in [-0.39, 0.29) is 0 Å². The molecule has 96 valence electrons. The predicted molar refractivity (Wildman–Crippen MR) is 79.1 cm³/mol. The highest BCUT2D eigenvalue weighted by atomic mass is 28.5. The van der Waals surface area contributed by atoms with Crippen molar-refractivity contribution in [3.8, 4) is 0 Å². The Bertz CT molecular complexity index is 267. The molecule has 0 atom stereocenters. The highest BCUT2D eigenvalue weighted by molar-refractivity contribution is 7.11. The third-order valence-corrected chi connectivity index (χ3v) is 26.0. The second-order valence-electron chi connectivity index (χ2n) is 6.74. The number of halogens is 1. The van der Waals surface area contributed by atoms with Crippen molar-refractivity contribution in [3.63, 3.8) is 0 Å². The predicted octanol–water partition coefficient (Wildman–Crippen LogP) is 2.26. The van der Waals surface area contributed by atoms with Gasteiger partial charge in [0.1, 0.15) is 0 Å². The molecule has 0 radical (unpaired) electrons. The summed E-state index contributed by atoms with van der Waals surface area (Å²) < 4.78 is 24.4. The van der Waals surface area contributed by atoms with Crippen LogP contribution >= 0.6 is 0 Å². The Morgan fingerprint density at radius 3 is 1.44 bits per heavy atom. The van der Waals surface area contributed by atoms with E-state index in [0.29, 0.717) is 0 Å². The fraction of sp³-hybridized carbons (Fsp3) is 1.00. The molecule has 1 saturated heterocycles. The third kappa shape index (κ3) is 2.92. The first-order chi connectivity index (χ1) is 6.78. The summed E-state index contributed by atoms with van der Waals surface area (Å²) in [6.07, 6.45) is 0. The lowest BCUT2D eigenvalue weighted by Crippen LogP contribution is -2.91. The molecule has 0 aromatic carbocycles. The van der Waals surface area contributed by atoms with E-state index in [1.807, 2.05) is 13.1 Å². The fourth-order valence-corrected chi connectivity index (χ4v) is 35.9. The van der Waals surface area contributed by atoms with Crippen LogP contribution in [0.4, 0.5) is 4.11 Å². The minimum absolute atomic E-state index is 1.54. The van der Waals surface area contributed by atoms with Crippen molar-refractivity contribution in [1.29, 1.82) is 0 Å². The Hall–Kier alpha value is 0.678. The van der Waals surface area contributed by atoms with Crippen LogP contribution in [0.2, 0.25) is 52.4 Å². The van der Waals surface area contributed by atoms with Crippen molar-refractivity contribution < 1.29 is 4.11 Å². The third-order valence-electron chi connectivity index (χ3n) is 2.89. The van der Waals surface area contributed by atoms with Gasteiger partial charge in [0.25, 0.3) is 0 Å². The Morgan fingerprint density at radius 1 is 0.875 bits per heavy atom. The van der Waals surface area contributed by atoms with E-state index in [0.717, 1.165) is 0 Å². The first-order valence-electron chi connectivity index (χ1n) is 5.86. The molecule has 1 heterocycles. The van der Waals surface area contributed by atoms with Gasteiger partial charge < -0.3 is 13.2 Å². The zero-order valence-electron chi connectivity index (χ0n) is 11.8. The molecule has 8 heteroatoms. The molecule has 0 aromatic rings. The molecular weight excluding hydrogens is 269 g/mol. The van der Waals surface area contributed by atoms with Crippen molar-refractivity contribution in [2.75, 3.05) is 0 Å². The van der Waals surface area contributed by atoms with Crippen LogP contribution in [-0.4, -0.2) is 37.7 Å². The molecule has 1 aliphatic rings. The standard InChI is InChI=1S/C8H26FN3Si4/c1-13(2,9)12-15(5,6)10-14(3,4)11-16(12,7)8/h10-11H,1-8H3. The molecule has 3 nitrogen and oxygen atoms in total. The summed E-state index contributed by atoms with van der Waals surface area (Å²) in [5, 5.41) is 0. The monoisotopic (exact) mass is 295 g/mol. The summed E-state index contributed by atoms with van der Waals surface area (Å²) in [7, 11) is -7.87. The van der Waals surface area contributed by atoms with Crippen LogP contribution in [-0.2, 0) is 0 Å². The summed E-state index contributed by atoms with van der Waals surface area (Å²) in [6, 6.07) is 0. The molecule has 1 rings (SSSR count). The first kappa shape index (κ1) is 14.7. The van der Waals surface area contributed by atoms with Crippen molar-refractivity contribution in [2.45, 2.75) is 52.4 Å². The van der Waals surface area contributed by atoms with Crippen LogP contribution in [0.25, 0.3) is 0 Å². The van der Waals surface area contributed by atoms with E-state index in [4.69, 9.17) is 0 Å². The van der Waals surface area contributed by atoms with Gasteiger partial charge in [0.05, 0.1) is 0 Å². The van der Waals surface area contributed by atoms with Gasteiger partial charge in [0, 0.05) is 0 Å². The van der Waals surface area contributed by atoms with Gasteiger partial charge in [0.2, 0.25) is 0 Å². The second-order valence-corrected chi connectivity index (χ2v) is 23.7. The Balaban J connectivity index is 3.17. The SMILES string of the molecule is C[Si]1(C)N[Si](C)(C)N([Si](C)(C)F)[Si](C)(C)N1. The minimum atomic E-state index is -2.74. The number of hydrogen-bond acceptors (Lipinski definition) is 3. The summed E-state index contributed by atoms with van der Waals surface area (Å²) in [4.78, 5) is 0. The smallest absolute Gasteiger partial charge is 0.305 e. The molecule has 0 aliphatic carbocycles. The van der Waals surface area contributed by atoms with Gasteiger partial charge in [-0.3, -0.25) is 4.11 Å². The zero-order valence-corrected chi connectivity index (χ0v) is 15.8. The van der Waals surface area contributed by atoms with Gasteiger partial charge in [0.15, 0.2) is 25.2 Å². The van der Waals surface area contributed by atoms with Crippen LogP contribution in [0.15, 0.2) is 0 Å². The maximum atomic E-state index is 14.6. The lowest BCUT2D eigenvalue weighted by atomic mass is 11.9. The normalized spacial score (nSPS) is 29.1. The Kier molecular flexibility index (Phi) is 3.53. The molecule has 2 N–H and O–H groups in total. The summed E-state index contributed by atoms with van der Waals surface area (Å²) in [6.45, 7) is 17.2. The van der Waals surface area contributed by atoms with Gasteiger partial charge in [-0.15, -0.1) is 0 Å². The average molecular weight is 296 g/mol. The van der Waals surface area contributed by atoms with Gasteiger partial charge in [-0.2, -0.15) is 0 Å². The summed E-state index contributed by atoms with van der Waals surface area (Å²) >= 11 is 0. The van der Waals surface area contributed by atoms with Gasteiger partial charge in [-0.05, 0) is 52.4 Å². The van der Waals surface area contributed by atoms with Gasteiger partial charge in [-0.25, -0.2) is 0 Å². The molecule has 1 aliphatic heterocycles. The van der Waals surface area contributed by atoms with Crippen LogP contribution in [0.1, 0.15) is 0 Å². The van der Waals surface area contributed by atoms with E-state index in [1.165, 1.54) is 0 Å². The topological polar surface area (TPSA) is 27.3 Å². The van der Waals surface area contributed by atoms with Crippen molar-refractivity contribution in [2.24, 2.45) is 0 Å². The Morgan fingerprint density at radius 2 is 1.19 bits per heavy atom. The van der Waals surface area contributed by atoms with E-state index in [1.54, 1.807) is 0 Å². The minimum Gasteiger partial charge on any atom is -0.337 e. The number of nitrogens with one attached hydrogen (secondary N) is 2. The Labute approximate surface area is 104 Å². The van der Waals surface area contributed by atoms with E-state index < -0.39 is 33.8 Å². The first-order valence-corrected chi connectivity index (χ1v) is 17.6. The largest absolute Gasteiger partial charge is 0.337 e. The zero-order chi connectivity index (χ0) is 13.0. The number of nitrogens with zero attached hydrogens (tertiary/aromatic N) is 1. The van der Waals surface area contributed by atoms with Crippen molar-refractivity contribution in [1.82, 2.24) is 13.2 Å². The highest BCUT2D eigenvalue weighted by Crippen LogP contribution is 2.29. The van der Waals surface area contributed by atoms with Gasteiger partial charge >= 0.3 is 8.57 Å². The van der Waals surface area contributed by atoms with Crippen LogP contribution in [0.3, 0.4) is 0 Å². The molecule has 0 aromatic heterocycles. The molecule has 0 saturated carbocycles. The highest BCUT2D eigenvalue weighted by Gasteiger charge is 2.57.